The standard InChI is InChI=1S/C17H20N2O3S/c1-3-13-9-11-14(12-10-13)23(21,22)19-18-16(4-2)15-7-5-6-8-17(15)20/h5-12,19-20H,3-4H2,1-2H3/b18-16-. The van der Waals surface area contributed by atoms with Crippen LogP contribution in [0.25, 0.3) is 0 Å². The monoisotopic (exact) mass is 332 g/mol. The maximum atomic E-state index is 12.3. The Balaban J connectivity index is 2.26. The van der Waals surface area contributed by atoms with Crippen molar-refractivity contribution in [2.24, 2.45) is 5.10 Å². The second kappa shape index (κ2) is 7.28. The second-order valence-corrected chi connectivity index (χ2v) is 6.68. The summed E-state index contributed by atoms with van der Waals surface area (Å²) in [6.07, 6.45) is 1.33. The van der Waals surface area contributed by atoms with Gasteiger partial charge in [-0.3, -0.25) is 0 Å². The number of hydrogen-bond donors (Lipinski definition) is 2. The zero-order chi connectivity index (χ0) is 16.9. The first-order chi connectivity index (χ1) is 11.0. The highest BCUT2D eigenvalue weighted by Crippen LogP contribution is 2.18. The number of rotatable bonds is 6. The molecule has 2 rings (SSSR count). The van der Waals surface area contributed by atoms with Gasteiger partial charge in [0, 0.05) is 5.56 Å². The average Bonchev–Trinajstić information content (AvgIpc) is 2.57. The van der Waals surface area contributed by atoms with E-state index in [2.05, 4.69) is 9.93 Å². The van der Waals surface area contributed by atoms with Crippen molar-refractivity contribution in [3.8, 4) is 5.75 Å². The molecule has 0 aromatic heterocycles. The molecule has 0 aliphatic carbocycles. The zero-order valence-electron chi connectivity index (χ0n) is 13.2. The van der Waals surface area contributed by atoms with Gasteiger partial charge in [0.1, 0.15) is 5.75 Å². The fourth-order valence-corrected chi connectivity index (χ4v) is 2.95. The minimum atomic E-state index is -3.73. The molecule has 0 unspecified atom stereocenters. The number of phenols is 1. The number of nitrogens with one attached hydrogen (secondary N) is 1. The van der Waals surface area contributed by atoms with Gasteiger partial charge in [-0.1, -0.05) is 38.1 Å². The van der Waals surface area contributed by atoms with E-state index < -0.39 is 10.0 Å². The molecular formula is C17H20N2O3S. The third kappa shape index (κ3) is 4.10. The summed E-state index contributed by atoms with van der Waals surface area (Å²) in [6.45, 7) is 3.85. The fourth-order valence-electron chi connectivity index (χ4n) is 2.12. The van der Waals surface area contributed by atoms with Crippen LogP contribution in [0.15, 0.2) is 58.5 Å². The minimum absolute atomic E-state index is 0.0691. The van der Waals surface area contributed by atoms with Gasteiger partial charge in [0.2, 0.25) is 0 Å². The molecule has 122 valence electrons. The van der Waals surface area contributed by atoms with Crippen molar-refractivity contribution in [2.75, 3.05) is 0 Å². The lowest BCUT2D eigenvalue weighted by molar-refractivity contribution is 0.474. The van der Waals surface area contributed by atoms with Crippen molar-refractivity contribution in [3.05, 3.63) is 59.7 Å². The highest BCUT2D eigenvalue weighted by Gasteiger charge is 2.14. The molecule has 0 amide bonds. The highest BCUT2D eigenvalue weighted by molar-refractivity contribution is 7.89. The number of phenolic OH excluding ortho intramolecular Hbond substituents is 1. The van der Waals surface area contributed by atoms with Crippen LogP contribution < -0.4 is 4.83 Å². The molecule has 23 heavy (non-hydrogen) atoms. The van der Waals surface area contributed by atoms with E-state index in [1.54, 1.807) is 48.5 Å². The van der Waals surface area contributed by atoms with Crippen LogP contribution >= 0.6 is 0 Å². The number of aromatic hydroxyl groups is 1. The first-order valence-corrected chi connectivity index (χ1v) is 8.92. The third-order valence-electron chi connectivity index (χ3n) is 3.49. The Morgan fingerprint density at radius 1 is 1.09 bits per heavy atom. The van der Waals surface area contributed by atoms with Crippen LogP contribution in [0.1, 0.15) is 31.4 Å². The molecule has 0 aliphatic heterocycles. The van der Waals surface area contributed by atoms with Crippen molar-refractivity contribution in [2.45, 2.75) is 31.6 Å². The topological polar surface area (TPSA) is 78.8 Å². The molecule has 0 saturated heterocycles. The summed E-state index contributed by atoms with van der Waals surface area (Å²) in [6, 6.07) is 13.4. The molecule has 0 bridgehead atoms. The molecule has 2 aromatic carbocycles. The van der Waals surface area contributed by atoms with E-state index in [1.165, 1.54) is 0 Å². The summed E-state index contributed by atoms with van der Waals surface area (Å²) in [5.74, 6) is 0.0691. The van der Waals surface area contributed by atoms with Crippen molar-refractivity contribution >= 4 is 15.7 Å². The molecule has 5 nitrogen and oxygen atoms in total. The Bertz CT molecular complexity index is 797. The smallest absolute Gasteiger partial charge is 0.276 e. The first kappa shape index (κ1) is 17.0. The Labute approximate surface area is 136 Å². The van der Waals surface area contributed by atoms with Crippen LogP contribution in [-0.2, 0) is 16.4 Å². The van der Waals surface area contributed by atoms with Crippen LogP contribution in [0.4, 0.5) is 0 Å². The van der Waals surface area contributed by atoms with Gasteiger partial charge < -0.3 is 5.11 Å². The van der Waals surface area contributed by atoms with Gasteiger partial charge in [0.05, 0.1) is 10.6 Å². The number of aryl methyl sites for hydroxylation is 1. The minimum Gasteiger partial charge on any atom is -0.507 e. The predicted molar refractivity (Wildman–Crippen MR) is 91.1 cm³/mol. The van der Waals surface area contributed by atoms with Crippen LogP contribution in [-0.4, -0.2) is 19.2 Å². The summed E-state index contributed by atoms with van der Waals surface area (Å²) >= 11 is 0. The normalized spacial score (nSPS) is 12.2. The Morgan fingerprint density at radius 2 is 1.74 bits per heavy atom. The summed E-state index contributed by atoms with van der Waals surface area (Å²) in [5.41, 5.74) is 2.05. The van der Waals surface area contributed by atoms with Crippen molar-refractivity contribution < 1.29 is 13.5 Å². The average molecular weight is 332 g/mol. The summed E-state index contributed by atoms with van der Waals surface area (Å²) in [5, 5.41) is 13.8. The van der Waals surface area contributed by atoms with Crippen LogP contribution in [0.3, 0.4) is 0 Å². The van der Waals surface area contributed by atoms with E-state index in [0.29, 0.717) is 17.7 Å². The highest BCUT2D eigenvalue weighted by atomic mass is 32.2. The summed E-state index contributed by atoms with van der Waals surface area (Å²) < 4.78 is 24.6. The molecular weight excluding hydrogens is 312 g/mol. The van der Waals surface area contributed by atoms with Crippen molar-refractivity contribution in [1.82, 2.24) is 4.83 Å². The Hall–Kier alpha value is -2.34. The molecule has 6 heteroatoms. The van der Waals surface area contributed by atoms with E-state index in [0.717, 1.165) is 12.0 Å². The Morgan fingerprint density at radius 3 is 2.30 bits per heavy atom. The number of hydrazone groups is 1. The molecule has 2 aromatic rings. The molecule has 0 aliphatic rings. The lowest BCUT2D eigenvalue weighted by Gasteiger charge is -2.08. The number of hydrogen-bond acceptors (Lipinski definition) is 4. The number of nitrogens with zero attached hydrogens (tertiary/aromatic N) is 1. The van der Waals surface area contributed by atoms with Gasteiger partial charge in [-0.05, 0) is 42.7 Å². The molecule has 0 spiro atoms. The zero-order valence-corrected chi connectivity index (χ0v) is 14.0. The molecule has 2 N–H and O–H groups in total. The van der Waals surface area contributed by atoms with Gasteiger partial charge >= 0.3 is 0 Å². The first-order valence-electron chi connectivity index (χ1n) is 7.43. The van der Waals surface area contributed by atoms with Crippen LogP contribution in [0, 0.1) is 0 Å². The van der Waals surface area contributed by atoms with Gasteiger partial charge in [-0.25, -0.2) is 0 Å². The summed E-state index contributed by atoms with van der Waals surface area (Å²) in [4.78, 5) is 2.40. The van der Waals surface area contributed by atoms with Gasteiger partial charge in [0.15, 0.2) is 0 Å². The Kier molecular flexibility index (Phi) is 5.39. The lowest BCUT2D eigenvalue weighted by Crippen LogP contribution is -2.20. The van der Waals surface area contributed by atoms with E-state index in [9.17, 15) is 13.5 Å². The SMILES string of the molecule is CC/C(=N/NS(=O)(=O)c1ccc(CC)cc1)c1ccccc1O. The molecule has 0 saturated carbocycles. The quantitative estimate of drug-likeness (QED) is 0.630. The van der Waals surface area contributed by atoms with Crippen molar-refractivity contribution in [3.63, 3.8) is 0 Å². The van der Waals surface area contributed by atoms with E-state index >= 15 is 0 Å². The molecule has 0 fully saturated rings. The number of sulfonamides is 1. The van der Waals surface area contributed by atoms with Gasteiger partial charge in [-0.15, -0.1) is 0 Å². The van der Waals surface area contributed by atoms with Crippen LogP contribution in [0.5, 0.6) is 5.75 Å². The van der Waals surface area contributed by atoms with E-state index in [1.807, 2.05) is 13.8 Å². The number of benzene rings is 2. The van der Waals surface area contributed by atoms with E-state index in [4.69, 9.17) is 0 Å². The maximum absolute atomic E-state index is 12.3. The summed E-state index contributed by atoms with van der Waals surface area (Å²) in [7, 11) is -3.73. The molecule has 0 radical (unpaired) electrons. The molecule has 0 heterocycles. The van der Waals surface area contributed by atoms with Crippen molar-refractivity contribution in [1.29, 1.82) is 0 Å². The fraction of sp³-hybridized carbons (Fsp3) is 0.235. The largest absolute Gasteiger partial charge is 0.507 e. The van der Waals surface area contributed by atoms with Gasteiger partial charge in [0.25, 0.3) is 10.0 Å². The third-order valence-corrected chi connectivity index (χ3v) is 4.72. The number of para-hydroxylation sites is 1. The van der Waals surface area contributed by atoms with Gasteiger partial charge in [-0.2, -0.15) is 18.4 Å². The molecule has 0 atom stereocenters. The van der Waals surface area contributed by atoms with Crippen LogP contribution in [0.2, 0.25) is 0 Å². The maximum Gasteiger partial charge on any atom is 0.276 e. The van der Waals surface area contributed by atoms with E-state index in [-0.39, 0.29) is 10.6 Å². The lowest BCUT2D eigenvalue weighted by atomic mass is 10.1. The predicted octanol–water partition coefficient (Wildman–Crippen LogP) is 3.05. The second-order valence-electron chi connectivity index (χ2n) is 5.02.